The topological polar surface area (TPSA) is 87.3 Å². The van der Waals surface area contributed by atoms with Crippen LogP contribution in [0, 0.1) is 5.92 Å². The van der Waals surface area contributed by atoms with E-state index in [0.29, 0.717) is 5.92 Å². The van der Waals surface area contributed by atoms with Crippen molar-refractivity contribution in [1.29, 1.82) is 0 Å². The predicted octanol–water partition coefficient (Wildman–Crippen LogP) is -6.70. The summed E-state index contributed by atoms with van der Waals surface area (Å²) >= 11 is -0.286. The number of aliphatic hydroxyl groups excluding tert-OH is 1. The van der Waals surface area contributed by atoms with Crippen LogP contribution in [0.25, 0.3) is 0 Å². The molecule has 5 nitrogen and oxygen atoms in total. The predicted molar refractivity (Wildman–Crippen MR) is 64.6 cm³/mol. The molecule has 0 aromatic carbocycles. The molecule has 0 aromatic heterocycles. The molecule has 0 aliphatic carbocycles. The van der Waals surface area contributed by atoms with Crippen molar-refractivity contribution in [2.75, 3.05) is 9.48 Å². The molecule has 0 aromatic rings. The molecule has 7 heteroatoms. The Kier molecular flexibility index (Phi) is 6.88. The molecule has 1 unspecified atom stereocenters. The quantitative estimate of drug-likeness (QED) is 0.104. The Morgan fingerprint density at radius 3 is 2.89 bits per heavy atom. The number of nitrogens with zero attached hydrogens (tertiary/aromatic N) is 1. The molecule has 106 valence electrons. The molecule has 1 atom stereocenters. The molecule has 18 heavy (non-hydrogen) atoms. The van der Waals surface area contributed by atoms with Gasteiger partial charge < -0.3 is 0 Å². The van der Waals surface area contributed by atoms with Gasteiger partial charge in [0.15, 0.2) is 0 Å². The summed E-state index contributed by atoms with van der Waals surface area (Å²) in [5.41, 5.74) is 8.14. The molecular formula is C11H21I2N4O-. The van der Waals surface area contributed by atoms with Crippen LogP contribution in [-0.2, 0) is 0 Å². The van der Waals surface area contributed by atoms with Crippen molar-refractivity contribution in [3.8, 4) is 0 Å². The van der Waals surface area contributed by atoms with Gasteiger partial charge in [-0.05, 0) is 0 Å². The van der Waals surface area contributed by atoms with Crippen LogP contribution in [-0.4, -0.2) is 31.7 Å². The second-order valence-electron chi connectivity index (χ2n) is 4.25. The Morgan fingerprint density at radius 1 is 1.67 bits per heavy atom. The maximum atomic E-state index is 9.78. The molecule has 0 saturated heterocycles. The van der Waals surface area contributed by atoms with Crippen LogP contribution >= 0.6 is 0 Å². The summed E-state index contributed by atoms with van der Waals surface area (Å²) in [6.07, 6.45) is 3.30. The van der Waals surface area contributed by atoms with Crippen LogP contribution < -0.4 is 57.7 Å². The Hall–Kier alpha value is 0.130. The zero-order valence-electron chi connectivity index (χ0n) is 10.8. The van der Waals surface area contributed by atoms with E-state index in [1.165, 1.54) is 0 Å². The molecule has 0 bridgehead atoms. The number of allylic oxidation sites excluding steroid dienone is 3. The minimum atomic E-state index is -0.662. The van der Waals surface area contributed by atoms with Gasteiger partial charge in [0.2, 0.25) is 0 Å². The first-order chi connectivity index (χ1) is 8.45. The van der Waals surface area contributed by atoms with Crippen LogP contribution in [0.2, 0.25) is 0 Å². The second-order valence-corrected chi connectivity index (χ2v) is 11.6. The third kappa shape index (κ3) is 4.67. The summed E-state index contributed by atoms with van der Waals surface area (Å²) in [6.45, 7) is 4.19. The van der Waals surface area contributed by atoms with Crippen molar-refractivity contribution in [1.82, 2.24) is 5.32 Å². The average Bonchev–Trinajstić information content (AvgIpc) is 2.30. The maximum absolute atomic E-state index is 9.78. The van der Waals surface area contributed by atoms with E-state index in [4.69, 9.17) is 9.68 Å². The molecule has 6 N–H and O–H groups in total. The zero-order chi connectivity index (χ0) is 13.7. The number of aliphatic hydroxyl groups is 1. The van der Waals surface area contributed by atoms with Gasteiger partial charge in [0.1, 0.15) is 0 Å². The van der Waals surface area contributed by atoms with Gasteiger partial charge in [0.05, 0.1) is 0 Å². The van der Waals surface area contributed by atoms with Crippen molar-refractivity contribution in [2.24, 2.45) is 15.6 Å². The van der Waals surface area contributed by atoms with Gasteiger partial charge in [-0.15, -0.1) is 0 Å². The van der Waals surface area contributed by atoms with Gasteiger partial charge in [-0.2, -0.15) is 0 Å². The Morgan fingerprint density at radius 2 is 2.33 bits per heavy atom. The number of halogens is 2. The Bertz CT molecular complexity index is 391. The van der Waals surface area contributed by atoms with Gasteiger partial charge in [-0.1, -0.05) is 0 Å². The van der Waals surface area contributed by atoms with Crippen LogP contribution in [0.1, 0.15) is 13.8 Å². The van der Waals surface area contributed by atoms with Gasteiger partial charge in [-0.3, -0.25) is 0 Å². The van der Waals surface area contributed by atoms with Crippen LogP contribution in [0.15, 0.2) is 21.0 Å². The standard InChI is InChI=1S/C11H20I2N4O/c1-7(2)10-8(4-9(14)12-6-13-15)5-17(3)11(18)16-10/h4-5,7,11,18H,6,14-15H2,1-3H3/q-2/p+1. The first kappa shape index (κ1) is 16.2. The summed E-state index contributed by atoms with van der Waals surface area (Å²) < 4.78 is 9.40. The molecule has 0 spiro atoms. The fraction of sp³-hybridized carbons (Fsp3) is 0.545. The van der Waals surface area contributed by atoms with Gasteiger partial charge in [0, 0.05) is 0 Å². The number of hydrogen-bond donors (Lipinski definition) is 4. The molecule has 1 heterocycles. The Labute approximate surface area is 129 Å². The molecule has 0 saturated carbocycles. The van der Waals surface area contributed by atoms with Gasteiger partial charge in [0.25, 0.3) is 0 Å². The third-order valence-corrected chi connectivity index (χ3v) is 8.44. The number of rotatable bonds is 5. The van der Waals surface area contributed by atoms with Crippen LogP contribution in [0.4, 0.5) is 0 Å². The summed E-state index contributed by atoms with van der Waals surface area (Å²) in [7, 11) is 1.83. The van der Waals surface area contributed by atoms with E-state index in [1.807, 2.05) is 19.3 Å². The van der Waals surface area contributed by atoms with Gasteiger partial charge >= 0.3 is 130 Å². The molecule has 1 aliphatic heterocycles. The summed E-state index contributed by atoms with van der Waals surface area (Å²) in [5.74, 6) is 0.323. The van der Waals surface area contributed by atoms with E-state index in [2.05, 4.69) is 19.2 Å². The number of nitrogens with two attached hydrogens (primary N) is 2. The van der Waals surface area contributed by atoms with E-state index in [9.17, 15) is 5.11 Å². The first-order valence-corrected chi connectivity index (χ1v) is 10.9. The summed E-state index contributed by atoms with van der Waals surface area (Å²) in [6, 6.07) is 0. The first-order valence-electron chi connectivity index (χ1n) is 5.55. The summed E-state index contributed by atoms with van der Waals surface area (Å²) in [5, 5.41) is 12.9. The summed E-state index contributed by atoms with van der Waals surface area (Å²) in [4.78, 5) is 0. The molecule has 0 amide bonds. The molecule has 0 fully saturated rings. The SMILES string of the molecule is CC(C)C1=C(C=C(N)[I-]C[I-]N)C=[N+](C)C(O)N1. The fourth-order valence-corrected chi connectivity index (χ4v) is 5.98. The van der Waals surface area contributed by atoms with E-state index < -0.39 is 6.35 Å². The average molecular weight is 479 g/mol. The zero-order valence-corrected chi connectivity index (χ0v) is 15.1. The Balaban J connectivity index is 2.97. The van der Waals surface area contributed by atoms with E-state index in [-0.39, 0.29) is 42.7 Å². The van der Waals surface area contributed by atoms with Crippen LogP contribution in [0.5, 0.6) is 0 Å². The van der Waals surface area contributed by atoms with E-state index >= 15 is 0 Å². The van der Waals surface area contributed by atoms with Crippen molar-refractivity contribution in [3.05, 3.63) is 21.0 Å². The number of hydrogen-bond acceptors (Lipinski definition) is 4. The van der Waals surface area contributed by atoms with E-state index in [0.717, 1.165) is 17.4 Å². The van der Waals surface area contributed by atoms with Crippen molar-refractivity contribution in [2.45, 2.75) is 20.2 Å². The van der Waals surface area contributed by atoms with E-state index in [1.54, 1.807) is 4.58 Å². The number of alkyl halides is 2. The van der Waals surface area contributed by atoms with Crippen molar-refractivity contribution < 1.29 is 52.4 Å². The second kappa shape index (κ2) is 7.65. The monoisotopic (exact) mass is 479 g/mol. The normalized spacial score (nSPS) is 21.6. The van der Waals surface area contributed by atoms with Crippen molar-refractivity contribution >= 4 is 6.21 Å². The molecular weight excluding hydrogens is 458 g/mol. The fourth-order valence-electron chi connectivity index (χ4n) is 1.57. The van der Waals surface area contributed by atoms with Gasteiger partial charge in [-0.25, -0.2) is 0 Å². The third-order valence-electron chi connectivity index (χ3n) is 2.46. The van der Waals surface area contributed by atoms with Crippen LogP contribution in [0.3, 0.4) is 0 Å². The molecule has 0 radical (unpaired) electrons. The molecule has 1 aliphatic rings. The number of nitrogens with one attached hydrogen (secondary N) is 1. The molecule has 1 rings (SSSR count). The van der Waals surface area contributed by atoms with Crippen molar-refractivity contribution in [3.63, 3.8) is 0 Å². The minimum absolute atomic E-state index is 0.130.